The second-order valence-corrected chi connectivity index (χ2v) is 5.78. The SMILES string of the molecule is COc1ccccc1CNC(=O)C1(c2ccccc2OC)CC1. The van der Waals surface area contributed by atoms with E-state index in [2.05, 4.69) is 5.32 Å². The zero-order valence-corrected chi connectivity index (χ0v) is 13.5. The summed E-state index contributed by atoms with van der Waals surface area (Å²) < 4.78 is 10.7. The van der Waals surface area contributed by atoms with Gasteiger partial charge in [0.1, 0.15) is 11.5 Å². The maximum Gasteiger partial charge on any atom is 0.231 e. The van der Waals surface area contributed by atoms with Crippen molar-refractivity contribution in [1.82, 2.24) is 5.32 Å². The number of hydrogen-bond donors (Lipinski definition) is 1. The third kappa shape index (κ3) is 2.89. The summed E-state index contributed by atoms with van der Waals surface area (Å²) in [5.41, 5.74) is 1.49. The molecule has 1 aliphatic carbocycles. The number of amides is 1. The topological polar surface area (TPSA) is 47.6 Å². The average Bonchev–Trinajstić information content (AvgIpc) is 3.41. The van der Waals surface area contributed by atoms with E-state index in [1.807, 2.05) is 48.5 Å². The van der Waals surface area contributed by atoms with Crippen molar-refractivity contribution in [1.29, 1.82) is 0 Å². The number of benzene rings is 2. The largest absolute Gasteiger partial charge is 0.496 e. The number of methoxy groups -OCH3 is 2. The second kappa shape index (κ2) is 6.32. The summed E-state index contributed by atoms with van der Waals surface area (Å²) in [6, 6.07) is 15.5. The fourth-order valence-corrected chi connectivity index (χ4v) is 2.98. The molecule has 2 aromatic carbocycles. The highest BCUT2D eigenvalue weighted by molar-refractivity contribution is 5.92. The van der Waals surface area contributed by atoms with Gasteiger partial charge in [-0.1, -0.05) is 36.4 Å². The first-order valence-corrected chi connectivity index (χ1v) is 7.75. The van der Waals surface area contributed by atoms with E-state index in [-0.39, 0.29) is 5.91 Å². The molecule has 120 valence electrons. The Morgan fingerprint density at radius 1 is 1.00 bits per heavy atom. The molecule has 0 saturated heterocycles. The summed E-state index contributed by atoms with van der Waals surface area (Å²) in [6.45, 7) is 0.458. The maximum atomic E-state index is 12.8. The molecule has 1 saturated carbocycles. The van der Waals surface area contributed by atoms with Crippen LogP contribution in [0.5, 0.6) is 11.5 Å². The first kappa shape index (κ1) is 15.4. The number of para-hydroxylation sites is 2. The Kier molecular flexibility index (Phi) is 4.24. The van der Waals surface area contributed by atoms with Gasteiger partial charge in [-0.3, -0.25) is 4.79 Å². The van der Waals surface area contributed by atoms with Crippen LogP contribution in [-0.2, 0) is 16.8 Å². The van der Waals surface area contributed by atoms with Gasteiger partial charge in [0.2, 0.25) is 5.91 Å². The third-order valence-electron chi connectivity index (χ3n) is 4.44. The minimum Gasteiger partial charge on any atom is -0.496 e. The van der Waals surface area contributed by atoms with E-state index in [1.165, 1.54) is 0 Å². The van der Waals surface area contributed by atoms with Gasteiger partial charge in [-0.05, 0) is 25.0 Å². The number of nitrogens with one attached hydrogen (secondary N) is 1. The fraction of sp³-hybridized carbons (Fsp3) is 0.316. The Morgan fingerprint density at radius 2 is 1.61 bits per heavy atom. The predicted octanol–water partition coefficient (Wildman–Crippen LogP) is 3.05. The van der Waals surface area contributed by atoms with Gasteiger partial charge in [0.15, 0.2) is 0 Å². The zero-order chi connectivity index (χ0) is 16.3. The number of ether oxygens (including phenoxy) is 2. The molecule has 23 heavy (non-hydrogen) atoms. The van der Waals surface area contributed by atoms with Crippen molar-refractivity contribution in [3.63, 3.8) is 0 Å². The quantitative estimate of drug-likeness (QED) is 0.892. The Hall–Kier alpha value is -2.49. The first-order valence-electron chi connectivity index (χ1n) is 7.75. The average molecular weight is 311 g/mol. The molecular formula is C19H21NO3. The number of carbonyl (C=O) groups is 1. The van der Waals surface area contributed by atoms with Gasteiger partial charge >= 0.3 is 0 Å². The molecule has 0 aromatic heterocycles. The van der Waals surface area contributed by atoms with E-state index in [9.17, 15) is 4.79 Å². The van der Waals surface area contributed by atoms with Crippen LogP contribution in [0.2, 0.25) is 0 Å². The van der Waals surface area contributed by atoms with Gasteiger partial charge in [-0.25, -0.2) is 0 Å². The van der Waals surface area contributed by atoms with Gasteiger partial charge in [0.05, 0.1) is 19.6 Å². The van der Waals surface area contributed by atoms with Gasteiger partial charge in [0, 0.05) is 17.7 Å². The van der Waals surface area contributed by atoms with Gasteiger partial charge in [0.25, 0.3) is 0 Å². The van der Waals surface area contributed by atoms with E-state index < -0.39 is 5.41 Å². The first-order chi connectivity index (χ1) is 11.2. The second-order valence-electron chi connectivity index (χ2n) is 5.78. The normalized spacial score (nSPS) is 14.9. The van der Waals surface area contributed by atoms with E-state index in [1.54, 1.807) is 14.2 Å². The molecule has 1 fully saturated rings. The lowest BCUT2D eigenvalue weighted by atomic mass is 9.94. The molecule has 1 N–H and O–H groups in total. The van der Waals surface area contributed by atoms with Crippen molar-refractivity contribution in [2.75, 3.05) is 14.2 Å². The summed E-state index contributed by atoms with van der Waals surface area (Å²) in [7, 11) is 3.28. The summed E-state index contributed by atoms with van der Waals surface area (Å²) in [4.78, 5) is 12.8. The fourth-order valence-electron chi connectivity index (χ4n) is 2.98. The Balaban J connectivity index is 1.76. The maximum absolute atomic E-state index is 12.8. The Labute approximate surface area is 136 Å². The summed E-state index contributed by atoms with van der Waals surface area (Å²) in [6.07, 6.45) is 1.70. The van der Waals surface area contributed by atoms with E-state index in [4.69, 9.17) is 9.47 Å². The number of hydrogen-bond acceptors (Lipinski definition) is 3. The van der Waals surface area contributed by atoms with E-state index in [0.29, 0.717) is 6.54 Å². The molecule has 3 rings (SSSR count). The van der Waals surface area contributed by atoms with Crippen molar-refractivity contribution >= 4 is 5.91 Å². The van der Waals surface area contributed by atoms with Gasteiger partial charge < -0.3 is 14.8 Å². The van der Waals surface area contributed by atoms with Crippen LogP contribution in [0.25, 0.3) is 0 Å². The summed E-state index contributed by atoms with van der Waals surface area (Å²) in [5, 5.41) is 3.05. The molecule has 0 spiro atoms. The van der Waals surface area contributed by atoms with Gasteiger partial charge in [-0.2, -0.15) is 0 Å². The molecule has 0 aliphatic heterocycles. The molecule has 2 aromatic rings. The Morgan fingerprint density at radius 3 is 2.26 bits per heavy atom. The molecular weight excluding hydrogens is 290 g/mol. The lowest BCUT2D eigenvalue weighted by molar-refractivity contribution is -0.123. The molecule has 4 nitrogen and oxygen atoms in total. The monoisotopic (exact) mass is 311 g/mol. The Bertz CT molecular complexity index is 707. The standard InChI is InChI=1S/C19H21NO3/c1-22-16-9-5-3-7-14(16)13-20-18(21)19(11-12-19)15-8-4-6-10-17(15)23-2/h3-10H,11-13H2,1-2H3,(H,20,21). The third-order valence-corrected chi connectivity index (χ3v) is 4.44. The summed E-state index contributed by atoms with van der Waals surface area (Å²) in [5.74, 6) is 1.61. The highest BCUT2D eigenvalue weighted by Gasteiger charge is 2.52. The lowest BCUT2D eigenvalue weighted by Crippen LogP contribution is -2.34. The minimum absolute atomic E-state index is 0.0490. The van der Waals surface area contributed by atoms with E-state index >= 15 is 0 Å². The molecule has 4 heteroatoms. The van der Waals surface area contributed by atoms with Crippen LogP contribution in [0.4, 0.5) is 0 Å². The van der Waals surface area contributed by atoms with Crippen molar-refractivity contribution in [2.24, 2.45) is 0 Å². The van der Waals surface area contributed by atoms with Crippen molar-refractivity contribution in [3.8, 4) is 11.5 Å². The molecule has 0 heterocycles. The van der Waals surface area contributed by atoms with Crippen LogP contribution < -0.4 is 14.8 Å². The van der Waals surface area contributed by atoms with Crippen LogP contribution in [-0.4, -0.2) is 20.1 Å². The van der Waals surface area contributed by atoms with Gasteiger partial charge in [-0.15, -0.1) is 0 Å². The van der Waals surface area contributed by atoms with Crippen LogP contribution in [0, 0.1) is 0 Å². The minimum atomic E-state index is -0.450. The highest BCUT2D eigenvalue weighted by Crippen LogP contribution is 2.51. The van der Waals surface area contributed by atoms with Crippen LogP contribution >= 0.6 is 0 Å². The summed E-state index contributed by atoms with van der Waals surface area (Å²) >= 11 is 0. The molecule has 0 unspecified atom stereocenters. The smallest absolute Gasteiger partial charge is 0.231 e. The molecule has 0 atom stereocenters. The van der Waals surface area contributed by atoms with Crippen molar-refractivity contribution < 1.29 is 14.3 Å². The van der Waals surface area contributed by atoms with E-state index in [0.717, 1.165) is 35.5 Å². The predicted molar refractivity (Wildman–Crippen MR) is 88.7 cm³/mol. The number of carbonyl (C=O) groups excluding carboxylic acids is 1. The highest BCUT2D eigenvalue weighted by atomic mass is 16.5. The van der Waals surface area contributed by atoms with Crippen molar-refractivity contribution in [3.05, 3.63) is 59.7 Å². The molecule has 1 aliphatic rings. The molecule has 0 radical (unpaired) electrons. The van der Waals surface area contributed by atoms with Crippen LogP contribution in [0.15, 0.2) is 48.5 Å². The molecule has 1 amide bonds. The van der Waals surface area contributed by atoms with Crippen molar-refractivity contribution in [2.45, 2.75) is 24.8 Å². The molecule has 0 bridgehead atoms. The number of rotatable bonds is 6. The van der Waals surface area contributed by atoms with Crippen LogP contribution in [0.1, 0.15) is 24.0 Å². The van der Waals surface area contributed by atoms with Crippen LogP contribution in [0.3, 0.4) is 0 Å². The lowest BCUT2D eigenvalue weighted by Gasteiger charge is -2.19. The zero-order valence-electron chi connectivity index (χ0n) is 13.5.